The van der Waals surface area contributed by atoms with Crippen LogP contribution in [-0.4, -0.2) is 52.1 Å². The van der Waals surface area contributed by atoms with Crippen LogP contribution in [0.2, 0.25) is 18.1 Å². The Balaban J connectivity index is 1.98. The van der Waals surface area contributed by atoms with Gasteiger partial charge in [-0.25, -0.2) is 4.79 Å². The van der Waals surface area contributed by atoms with Gasteiger partial charge in [-0.3, -0.25) is 0 Å². The van der Waals surface area contributed by atoms with Gasteiger partial charge in [0.2, 0.25) is 0 Å². The van der Waals surface area contributed by atoms with Gasteiger partial charge in [-0.1, -0.05) is 64.1 Å². The second-order valence-electron chi connectivity index (χ2n) is 11.0. The van der Waals surface area contributed by atoms with E-state index in [1.165, 1.54) is 13.2 Å². The summed E-state index contributed by atoms with van der Waals surface area (Å²) in [5.74, 6) is -1.00. The van der Waals surface area contributed by atoms with E-state index in [1.54, 1.807) is 6.08 Å². The molecule has 0 N–H and O–H groups in total. The van der Waals surface area contributed by atoms with Gasteiger partial charge in [0.1, 0.15) is 11.9 Å². The van der Waals surface area contributed by atoms with Gasteiger partial charge < -0.3 is 23.4 Å². The molecule has 0 aromatic heterocycles. The summed E-state index contributed by atoms with van der Waals surface area (Å²) >= 11 is 0. The number of fused-ring (bicyclic) bond motifs is 1. The van der Waals surface area contributed by atoms with Crippen molar-refractivity contribution in [1.82, 2.24) is 0 Å². The Morgan fingerprint density at radius 1 is 1.24 bits per heavy atom. The third-order valence-corrected chi connectivity index (χ3v) is 12.4. The van der Waals surface area contributed by atoms with Gasteiger partial charge in [-0.15, -0.1) is 0 Å². The van der Waals surface area contributed by atoms with E-state index in [0.717, 1.165) is 11.8 Å². The molecule has 33 heavy (non-hydrogen) atoms. The van der Waals surface area contributed by atoms with E-state index in [4.69, 9.17) is 18.6 Å². The lowest BCUT2D eigenvalue weighted by atomic mass is 9.56. The van der Waals surface area contributed by atoms with Gasteiger partial charge in [0, 0.05) is 17.9 Å². The van der Waals surface area contributed by atoms with Crippen LogP contribution in [0.4, 0.5) is 0 Å². The van der Waals surface area contributed by atoms with Gasteiger partial charge >= 0.3 is 5.97 Å². The molecule has 2 aliphatic rings. The molecule has 6 nitrogen and oxygen atoms in total. The summed E-state index contributed by atoms with van der Waals surface area (Å²) in [6.45, 7) is 13.7. The highest BCUT2D eigenvalue weighted by Gasteiger charge is 2.66. The van der Waals surface area contributed by atoms with Crippen LogP contribution in [0, 0.1) is 11.3 Å². The molecule has 1 unspecified atom stereocenters. The maximum absolute atomic E-state index is 12.7. The van der Waals surface area contributed by atoms with Crippen LogP contribution < -0.4 is 0 Å². The van der Waals surface area contributed by atoms with Gasteiger partial charge in [-0.05, 0) is 23.7 Å². The van der Waals surface area contributed by atoms with Crippen molar-refractivity contribution < 1.29 is 28.2 Å². The first-order valence-corrected chi connectivity index (χ1v) is 14.5. The molecule has 1 saturated carbocycles. The number of hydrogen-bond donors (Lipinski definition) is 0. The summed E-state index contributed by atoms with van der Waals surface area (Å²) in [6.07, 6.45) is 4.21. The smallest absolute Gasteiger partial charge is 0.330 e. The summed E-state index contributed by atoms with van der Waals surface area (Å²) < 4.78 is 24.1. The molecule has 0 bridgehead atoms. The molecule has 2 fully saturated rings. The fourth-order valence-electron chi connectivity index (χ4n) is 4.61. The molecule has 7 heteroatoms. The number of carbonyl (C=O) groups excluding carboxylic acids is 2. The summed E-state index contributed by atoms with van der Waals surface area (Å²) in [4.78, 5) is 24.7. The quantitative estimate of drug-likeness (QED) is 0.236. The zero-order valence-electron chi connectivity index (χ0n) is 20.9. The highest BCUT2D eigenvalue weighted by atomic mass is 28.4. The Kier molecular flexibility index (Phi) is 7.39. The monoisotopic (exact) mass is 474 g/mol. The van der Waals surface area contributed by atoms with E-state index in [1.807, 2.05) is 37.3 Å². The van der Waals surface area contributed by atoms with E-state index in [-0.39, 0.29) is 17.2 Å². The van der Waals surface area contributed by atoms with Crippen LogP contribution in [0.15, 0.2) is 42.5 Å². The lowest BCUT2D eigenvalue weighted by molar-refractivity contribution is -0.322. The molecule has 0 radical (unpaired) electrons. The standard InChI is InChI=1S/C26H38O6Si/c1-24(2,3)33(6,7)32-21-15-22-26(18-30-22,31-17-19-11-9-8-10-12-19)20(16-27)25(21,4)14-13-23(28)29-5/h8-14,16,20-22H,15,17-18H2,1-7H3/b14-13-/t20-,21-,22?,25-,26+/m0/s1. The Morgan fingerprint density at radius 2 is 1.91 bits per heavy atom. The van der Waals surface area contributed by atoms with E-state index in [2.05, 4.69) is 33.9 Å². The number of rotatable bonds is 8. The predicted octanol–water partition coefficient (Wildman–Crippen LogP) is 4.69. The van der Waals surface area contributed by atoms with E-state index in [0.29, 0.717) is 19.6 Å². The van der Waals surface area contributed by atoms with Crippen molar-refractivity contribution in [2.75, 3.05) is 13.7 Å². The van der Waals surface area contributed by atoms with Crippen molar-refractivity contribution >= 4 is 20.6 Å². The third-order valence-electron chi connectivity index (χ3n) is 7.88. The SMILES string of the molecule is COC(=O)/C=C\[C@]1(C)[C@@H](O[Si](C)(C)C(C)(C)C)CC2OC[C@@]2(OCc2ccccc2)[C@H]1C=O. The van der Waals surface area contributed by atoms with Gasteiger partial charge in [-0.2, -0.15) is 0 Å². The first kappa shape index (κ1) is 25.8. The van der Waals surface area contributed by atoms with Gasteiger partial charge in [0.25, 0.3) is 0 Å². The minimum absolute atomic E-state index is 0.00450. The molecule has 3 rings (SSSR count). The zero-order valence-corrected chi connectivity index (χ0v) is 21.9. The first-order valence-electron chi connectivity index (χ1n) is 11.6. The molecule has 1 aromatic carbocycles. The second-order valence-corrected chi connectivity index (χ2v) is 15.7. The molecular weight excluding hydrogens is 436 g/mol. The minimum atomic E-state index is -2.17. The Labute approximate surface area is 198 Å². The lowest BCUT2D eigenvalue weighted by Gasteiger charge is -2.62. The third kappa shape index (κ3) is 4.87. The Bertz CT molecular complexity index is 877. The fraction of sp³-hybridized carbons (Fsp3) is 0.615. The van der Waals surface area contributed by atoms with Crippen LogP contribution >= 0.6 is 0 Å². The summed E-state index contributed by atoms with van der Waals surface area (Å²) in [6, 6.07) is 9.90. The highest BCUT2D eigenvalue weighted by molar-refractivity contribution is 6.74. The average molecular weight is 475 g/mol. The van der Waals surface area contributed by atoms with Crippen LogP contribution in [0.25, 0.3) is 0 Å². The van der Waals surface area contributed by atoms with Gasteiger partial charge in [0.05, 0.1) is 38.4 Å². The Morgan fingerprint density at radius 3 is 2.42 bits per heavy atom. The van der Waals surface area contributed by atoms with Crippen LogP contribution in [0.3, 0.4) is 0 Å². The maximum atomic E-state index is 12.7. The molecular formula is C26H38O6Si. The lowest BCUT2D eigenvalue weighted by Crippen LogP contribution is -2.74. The molecule has 1 aliphatic carbocycles. The van der Waals surface area contributed by atoms with Crippen molar-refractivity contribution in [3.05, 3.63) is 48.0 Å². The van der Waals surface area contributed by atoms with Crippen molar-refractivity contribution in [2.24, 2.45) is 11.3 Å². The summed E-state index contributed by atoms with van der Waals surface area (Å²) in [5, 5.41) is -0.00450. The molecule has 0 spiro atoms. The molecule has 5 atom stereocenters. The number of carbonyl (C=O) groups is 2. The minimum Gasteiger partial charge on any atom is -0.466 e. The zero-order chi connectivity index (χ0) is 24.5. The molecule has 1 saturated heterocycles. The highest BCUT2D eigenvalue weighted by Crippen LogP contribution is 2.56. The second kappa shape index (κ2) is 9.45. The van der Waals surface area contributed by atoms with E-state index in [9.17, 15) is 9.59 Å². The van der Waals surface area contributed by atoms with Crippen molar-refractivity contribution in [1.29, 1.82) is 0 Å². The van der Waals surface area contributed by atoms with E-state index < -0.39 is 31.2 Å². The number of hydrogen-bond acceptors (Lipinski definition) is 6. The topological polar surface area (TPSA) is 71.1 Å². The summed E-state index contributed by atoms with van der Waals surface area (Å²) in [5.41, 5.74) is -0.490. The normalized spacial score (nSPS) is 32.2. The first-order chi connectivity index (χ1) is 15.4. The Hall–Kier alpha value is -1.80. The number of benzene rings is 1. The van der Waals surface area contributed by atoms with Gasteiger partial charge in [0.15, 0.2) is 8.32 Å². The van der Waals surface area contributed by atoms with Crippen LogP contribution in [0.5, 0.6) is 0 Å². The van der Waals surface area contributed by atoms with E-state index >= 15 is 0 Å². The maximum Gasteiger partial charge on any atom is 0.330 e. The number of ether oxygens (including phenoxy) is 3. The number of methoxy groups -OCH3 is 1. The van der Waals surface area contributed by atoms with Crippen LogP contribution in [0.1, 0.15) is 39.7 Å². The molecule has 0 amide bonds. The molecule has 1 aliphatic heterocycles. The fourth-order valence-corrected chi connectivity index (χ4v) is 6.03. The van der Waals surface area contributed by atoms with Crippen molar-refractivity contribution in [2.45, 2.75) is 76.7 Å². The number of esters is 1. The largest absolute Gasteiger partial charge is 0.466 e. The predicted molar refractivity (Wildman–Crippen MR) is 129 cm³/mol. The molecule has 182 valence electrons. The average Bonchev–Trinajstić information content (AvgIpc) is 2.75. The summed E-state index contributed by atoms with van der Waals surface area (Å²) in [7, 11) is -0.829. The van der Waals surface area contributed by atoms with Crippen molar-refractivity contribution in [3.63, 3.8) is 0 Å². The number of aldehydes is 1. The molecule has 1 heterocycles. The van der Waals surface area contributed by atoms with Crippen molar-refractivity contribution in [3.8, 4) is 0 Å². The molecule has 1 aromatic rings. The van der Waals surface area contributed by atoms with Crippen LogP contribution in [-0.2, 0) is 34.8 Å².